The van der Waals surface area contributed by atoms with Crippen molar-refractivity contribution >= 4 is 11.6 Å². The summed E-state index contributed by atoms with van der Waals surface area (Å²) < 4.78 is 0. The lowest BCUT2D eigenvalue weighted by Gasteiger charge is -1.96. The van der Waals surface area contributed by atoms with Gasteiger partial charge in [0, 0.05) is 5.70 Å². The highest BCUT2D eigenvalue weighted by molar-refractivity contribution is 6.17. The Labute approximate surface area is 55.0 Å². The molecule has 0 saturated heterocycles. The van der Waals surface area contributed by atoms with Gasteiger partial charge in [0.25, 0.3) is 0 Å². The van der Waals surface area contributed by atoms with E-state index >= 15 is 0 Å². The molecule has 0 heterocycles. The zero-order valence-electron chi connectivity index (χ0n) is 4.95. The minimum Gasteiger partial charge on any atom is -0.375 e. The van der Waals surface area contributed by atoms with Gasteiger partial charge in [0.1, 0.15) is 0 Å². The third-order valence-corrected chi connectivity index (χ3v) is 0.847. The Kier molecular flexibility index (Phi) is 4.47. The fourth-order valence-electron chi connectivity index (χ4n) is 0.341. The molecule has 0 aromatic rings. The molecular formula is C6H10ClN. The molecule has 0 bridgehead atoms. The first-order valence-electron chi connectivity index (χ1n) is 2.40. The lowest BCUT2D eigenvalue weighted by atomic mass is 10.4. The van der Waals surface area contributed by atoms with E-state index < -0.39 is 0 Å². The summed E-state index contributed by atoms with van der Waals surface area (Å²) in [5.74, 6) is 0. The van der Waals surface area contributed by atoms with Crippen LogP contribution in [0.3, 0.4) is 0 Å². The van der Waals surface area contributed by atoms with E-state index in [1.165, 1.54) is 0 Å². The van der Waals surface area contributed by atoms with Gasteiger partial charge in [0.15, 0.2) is 0 Å². The van der Waals surface area contributed by atoms with Crippen molar-refractivity contribution in [2.75, 3.05) is 6.00 Å². The first kappa shape index (κ1) is 7.57. The van der Waals surface area contributed by atoms with Gasteiger partial charge in [-0.05, 0) is 13.0 Å². The van der Waals surface area contributed by atoms with Crippen molar-refractivity contribution in [3.05, 3.63) is 24.4 Å². The Morgan fingerprint density at radius 3 is 2.88 bits per heavy atom. The molecule has 46 valence electrons. The van der Waals surface area contributed by atoms with Crippen molar-refractivity contribution in [2.45, 2.75) is 6.92 Å². The summed E-state index contributed by atoms with van der Waals surface area (Å²) in [6, 6.07) is 0.455. The molecule has 0 unspecified atom stereocenters. The van der Waals surface area contributed by atoms with E-state index in [0.29, 0.717) is 6.00 Å². The standard InChI is InChI=1S/C6H10ClN/c1-3-4-6(2)8-5-7/h3-4,8H,1,5H2,2H3/b6-4+. The highest BCUT2D eigenvalue weighted by Gasteiger charge is 1.78. The monoisotopic (exact) mass is 131 g/mol. The maximum atomic E-state index is 5.35. The van der Waals surface area contributed by atoms with Crippen LogP contribution in [0, 0.1) is 0 Å². The number of hydrogen-bond donors (Lipinski definition) is 1. The average molecular weight is 132 g/mol. The van der Waals surface area contributed by atoms with Crippen LogP contribution in [0.1, 0.15) is 6.92 Å². The fourth-order valence-corrected chi connectivity index (χ4v) is 0.552. The third-order valence-electron chi connectivity index (χ3n) is 0.714. The normalized spacial score (nSPS) is 11.0. The van der Waals surface area contributed by atoms with Crippen LogP contribution in [0.15, 0.2) is 24.4 Å². The fraction of sp³-hybridized carbons (Fsp3) is 0.333. The minimum absolute atomic E-state index is 0.455. The molecule has 0 spiro atoms. The molecule has 0 amide bonds. The molecule has 0 aliphatic heterocycles. The SMILES string of the molecule is C=C/C=C(\C)NCCl. The van der Waals surface area contributed by atoms with Gasteiger partial charge in [0.05, 0.1) is 6.00 Å². The zero-order valence-corrected chi connectivity index (χ0v) is 5.70. The zero-order chi connectivity index (χ0) is 6.41. The third kappa shape index (κ3) is 3.75. The summed E-state index contributed by atoms with van der Waals surface area (Å²) >= 11 is 5.35. The van der Waals surface area contributed by atoms with E-state index in [1.54, 1.807) is 6.08 Å². The number of allylic oxidation sites excluding steroid dienone is 3. The lowest BCUT2D eigenvalue weighted by Crippen LogP contribution is -2.06. The molecule has 0 radical (unpaired) electrons. The Hall–Kier alpha value is -0.430. The first-order valence-corrected chi connectivity index (χ1v) is 2.94. The molecule has 0 aromatic heterocycles. The first-order chi connectivity index (χ1) is 3.81. The van der Waals surface area contributed by atoms with Gasteiger partial charge >= 0.3 is 0 Å². The molecule has 8 heavy (non-hydrogen) atoms. The van der Waals surface area contributed by atoms with Crippen molar-refractivity contribution < 1.29 is 0 Å². The summed E-state index contributed by atoms with van der Waals surface area (Å²) in [5.41, 5.74) is 1.04. The second kappa shape index (κ2) is 4.72. The molecular weight excluding hydrogens is 122 g/mol. The number of rotatable bonds is 3. The molecule has 1 nitrogen and oxygen atoms in total. The number of hydrogen-bond acceptors (Lipinski definition) is 1. The van der Waals surface area contributed by atoms with Crippen molar-refractivity contribution in [1.82, 2.24) is 5.32 Å². The van der Waals surface area contributed by atoms with E-state index in [0.717, 1.165) is 5.70 Å². The van der Waals surface area contributed by atoms with Crippen molar-refractivity contribution in [3.8, 4) is 0 Å². The van der Waals surface area contributed by atoms with Crippen LogP contribution in [0.25, 0.3) is 0 Å². The van der Waals surface area contributed by atoms with Crippen LogP contribution in [-0.2, 0) is 0 Å². The van der Waals surface area contributed by atoms with E-state index in [-0.39, 0.29) is 0 Å². The van der Waals surface area contributed by atoms with Gasteiger partial charge < -0.3 is 5.32 Å². The van der Waals surface area contributed by atoms with E-state index in [9.17, 15) is 0 Å². The molecule has 0 aliphatic rings. The smallest absolute Gasteiger partial charge is 0.0899 e. The van der Waals surface area contributed by atoms with Gasteiger partial charge in [-0.25, -0.2) is 0 Å². The molecule has 0 saturated carbocycles. The quantitative estimate of drug-likeness (QED) is 0.350. The molecule has 2 heteroatoms. The van der Waals surface area contributed by atoms with Crippen LogP contribution >= 0.6 is 11.6 Å². The maximum Gasteiger partial charge on any atom is 0.0899 e. The van der Waals surface area contributed by atoms with Gasteiger partial charge in [-0.3, -0.25) is 0 Å². The summed E-state index contributed by atoms with van der Waals surface area (Å²) in [5, 5.41) is 2.90. The Morgan fingerprint density at radius 2 is 2.50 bits per heavy atom. The predicted molar refractivity (Wildman–Crippen MR) is 37.8 cm³/mol. The van der Waals surface area contributed by atoms with Crippen LogP contribution < -0.4 is 5.32 Å². The highest BCUT2D eigenvalue weighted by atomic mass is 35.5. The summed E-state index contributed by atoms with van der Waals surface area (Å²) in [6.07, 6.45) is 3.58. The molecule has 1 N–H and O–H groups in total. The second-order valence-electron chi connectivity index (χ2n) is 1.40. The number of halogens is 1. The van der Waals surface area contributed by atoms with Gasteiger partial charge in [0.2, 0.25) is 0 Å². The Morgan fingerprint density at radius 1 is 1.88 bits per heavy atom. The molecule has 0 aliphatic carbocycles. The van der Waals surface area contributed by atoms with Crippen molar-refractivity contribution in [3.63, 3.8) is 0 Å². The highest BCUT2D eigenvalue weighted by Crippen LogP contribution is 1.85. The van der Waals surface area contributed by atoms with E-state index in [2.05, 4.69) is 11.9 Å². The van der Waals surface area contributed by atoms with Crippen molar-refractivity contribution in [2.24, 2.45) is 0 Å². The summed E-state index contributed by atoms with van der Waals surface area (Å²) in [7, 11) is 0. The minimum atomic E-state index is 0.455. The molecule has 0 atom stereocenters. The number of alkyl halides is 1. The van der Waals surface area contributed by atoms with Crippen LogP contribution in [0.5, 0.6) is 0 Å². The largest absolute Gasteiger partial charge is 0.375 e. The Bertz CT molecular complexity index is 96.7. The van der Waals surface area contributed by atoms with Gasteiger partial charge in [-0.1, -0.05) is 12.7 Å². The van der Waals surface area contributed by atoms with Crippen LogP contribution in [0.2, 0.25) is 0 Å². The molecule has 0 fully saturated rings. The summed E-state index contributed by atoms with van der Waals surface area (Å²) in [4.78, 5) is 0. The number of nitrogens with one attached hydrogen (secondary N) is 1. The van der Waals surface area contributed by atoms with Crippen molar-refractivity contribution in [1.29, 1.82) is 0 Å². The van der Waals surface area contributed by atoms with Crippen LogP contribution in [-0.4, -0.2) is 6.00 Å². The average Bonchev–Trinajstić information content (AvgIpc) is 1.68. The lowest BCUT2D eigenvalue weighted by molar-refractivity contribution is 0.953. The maximum absolute atomic E-state index is 5.35. The van der Waals surface area contributed by atoms with E-state index in [4.69, 9.17) is 11.6 Å². The van der Waals surface area contributed by atoms with Gasteiger partial charge in [-0.15, -0.1) is 11.6 Å². The van der Waals surface area contributed by atoms with Crippen LogP contribution in [0.4, 0.5) is 0 Å². The Balaban J connectivity index is 3.44. The second-order valence-corrected chi connectivity index (χ2v) is 1.66. The van der Waals surface area contributed by atoms with E-state index in [1.807, 2.05) is 13.0 Å². The predicted octanol–water partition coefficient (Wildman–Crippen LogP) is 1.86. The topological polar surface area (TPSA) is 12.0 Å². The molecule has 0 rings (SSSR count). The van der Waals surface area contributed by atoms with Gasteiger partial charge in [-0.2, -0.15) is 0 Å². The summed E-state index contributed by atoms with van der Waals surface area (Å²) in [6.45, 7) is 5.46. The molecule has 0 aromatic carbocycles.